The lowest BCUT2D eigenvalue weighted by Gasteiger charge is -2.32. The van der Waals surface area contributed by atoms with Crippen LogP contribution in [-0.2, 0) is 14.1 Å². The Bertz CT molecular complexity index is 703. The molecule has 1 aliphatic rings. The van der Waals surface area contributed by atoms with E-state index in [1.165, 1.54) is 24.8 Å². The van der Waals surface area contributed by atoms with Gasteiger partial charge in [-0.1, -0.05) is 35.5 Å². The van der Waals surface area contributed by atoms with E-state index in [0.29, 0.717) is 21.9 Å². The van der Waals surface area contributed by atoms with E-state index in [2.05, 4.69) is 0 Å². The SMILES string of the molecule is CC(=O)SCC(=Cc1ccc(F)c(C)c1Cl)B1OC(C)(C)C(C)(C)O1. The molecule has 0 N–H and O–H groups in total. The molecule has 1 aromatic rings. The molecule has 7 heteroatoms. The standard InChI is InChI=1S/C18H23BClFO3S/c1-11-15(21)8-7-13(16(11)20)9-14(10-25-12(2)22)19-23-17(3,4)18(5,6)24-19/h7-9H,10H2,1-6H3. The van der Waals surface area contributed by atoms with Gasteiger partial charge in [0.15, 0.2) is 5.12 Å². The third-order valence-electron chi connectivity index (χ3n) is 4.69. The van der Waals surface area contributed by atoms with Gasteiger partial charge in [0.05, 0.1) is 16.2 Å². The van der Waals surface area contributed by atoms with Crippen LogP contribution in [0, 0.1) is 12.7 Å². The van der Waals surface area contributed by atoms with E-state index in [0.717, 1.165) is 5.47 Å². The van der Waals surface area contributed by atoms with Gasteiger partial charge in [-0.3, -0.25) is 4.79 Å². The third kappa shape index (κ3) is 4.48. The Morgan fingerprint density at radius 3 is 2.36 bits per heavy atom. The zero-order valence-electron chi connectivity index (χ0n) is 15.4. The smallest absolute Gasteiger partial charge is 0.400 e. The van der Waals surface area contributed by atoms with Crippen LogP contribution in [-0.4, -0.2) is 29.2 Å². The minimum Gasteiger partial charge on any atom is -0.400 e. The van der Waals surface area contributed by atoms with Crippen LogP contribution >= 0.6 is 23.4 Å². The molecule has 0 atom stereocenters. The third-order valence-corrected chi connectivity index (χ3v) is 6.08. The van der Waals surface area contributed by atoms with E-state index in [1.807, 2.05) is 33.8 Å². The number of thioether (sulfide) groups is 1. The van der Waals surface area contributed by atoms with Crippen molar-refractivity contribution in [3.05, 3.63) is 39.6 Å². The van der Waals surface area contributed by atoms with Crippen molar-refractivity contribution in [3.8, 4) is 0 Å². The summed E-state index contributed by atoms with van der Waals surface area (Å²) in [4.78, 5) is 11.4. The topological polar surface area (TPSA) is 35.5 Å². The average Bonchev–Trinajstić information content (AvgIpc) is 2.71. The lowest BCUT2D eigenvalue weighted by molar-refractivity contribution is -0.109. The normalized spacial score (nSPS) is 19.4. The predicted octanol–water partition coefficient (Wildman–Crippen LogP) is 5.08. The van der Waals surface area contributed by atoms with Crippen LogP contribution in [0.3, 0.4) is 0 Å². The first-order valence-electron chi connectivity index (χ1n) is 8.08. The van der Waals surface area contributed by atoms with Gasteiger partial charge in [-0.15, -0.1) is 0 Å². The lowest BCUT2D eigenvalue weighted by atomic mass is 9.78. The maximum atomic E-state index is 13.7. The number of halogens is 2. The number of carbonyl (C=O) groups excluding carboxylic acids is 1. The Balaban J connectivity index is 2.40. The molecule has 0 radical (unpaired) electrons. The molecule has 136 valence electrons. The van der Waals surface area contributed by atoms with Crippen LogP contribution in [0.5, 0.6) is 0 Å². The molecule has 2 rings (SSSR count). The Kier molecular flexibility index (Phi) is 6.09. The van der Waals surface area contributed by atoms with Crippen LogP contribution in [0.1, 0.15) is 45.7 Å². The molecule has 1 aromatic carbocycles. The highest BCUT2D eigenvalue weighted by Crippen LogP contribution is 2.39. The summed E-state index contributed by atoms with van der Waals surface area (Å²) in [5.74, 6) is 0.0660. The molecule has 3 nitrogen and oxygen atoms in total. The minimum absolute atomic E-state index is 0.00352. The van der Waals surface area contributed by atoms with Gasteiger partial charge in [-0.2, -0.15) is 0 Å². The van der Waals surface area contributed by atoms with Crippen molar-refractivity contribution in [2.24, 2.45) is 0 Å². The van der Waals surface area contributed by atoms with Crippen LogP contribution in [0.15, 0.2) is 17.6 Å². The number of carbonyl (C=O) groups is 1. The number of hydrogen-bond donors (Lipinski definition) is 0. The first kappa shape index (κ1) is 20.5. The second-order valence-corrected chi connectivity index (χ2v) is 8.69. The summed E-state index contributed by atoms with van der Waals surface area (Å²) in [5.41, 5.74) is 0.879. The summed E-state index contributed by atoms with van der Waals surface area (Å²) >= 11 is 7.46. The van der Waals surface area contributed by atoms with E-state index in [9.17, 15) is 9.18 Å². The van der Waals surface area contributed by atoms with Crippen molar-refractivity contribution in [2.45, 2.75) is 52.7 Å². The van der Waals surface area contributed by atoms with E-state index in [-0.39, 0.29) is 10.9 Å². The molecule has 0 saturated carbocycles. The van der Waals surface area contributed by atoms with E-state index >= 15 is 0 Å². The maximum Gasteiger partial charge on any atom is 0.491 e. The monoisotopic (exact) mass is 384 g/mol. The van der Waals surface area contributed by atoms with Crippen molar-refractivity contribution in [2.75, 3.05) is 5.75 Å². The summed E-state index contributed by atoms with van der Waals surface area (Å²) in [6, 6.07) is 3.00. The fraction of sp³-hybridized carbons (Fsp3) is 0.500. The Hall–Kier alpha value is -0.815. The van der Waals surface area contributed by atoms with Crippen molar-refractivity contribution in [1.29, 1.82) is 0 Å². The van der Waals surface area contributed by atoms with Gasteiger partial charge in [-0.25, -0.2) is 4.39 Å². The average molecular weight is 385 g/mol. The molecule has 1 saturated heterocycles. The van der Waals surface area contributed by atoms with Crippen molar-refractivity contribution in [1.82, 2.24) is 0 Å². The molecule has 25 heavy (non-hydrogen) atoms. The van der Waals surface area contributed by atoms with Crippen molar-refractivity contribution < 1.29 is 18.5 Å². The summed E-state index contributed by atoms with van der Waals surface area (Å²) in [6.07, 6.45) is 1.83. The molecular formula is C18H23BClFO3S. The Morgan fingerprint density at radius 2 is 1.84 bits per heavy atom. The largest absolute Gasteiger partial charge is 0.491 e. The molecule has 0 amide bonds. The highest BCUT2D eigenvalue weighted by Gasteiger charge is 2.52. The Labute approximate surface area is 158 Å². The molecule has 0 unspecified atom stereocenters. The van der Waals surface area contributed by atoms with Gasteiger partial charge < -0.3 is 9.31 Å². The summed E-state index contributed by atoms with van der Waals surface area (Å²) < 4.78 is 25.8. The van der Waals surface area contributed by atoms with Gasteiger partial charge in [0, 0.05) is 18.2 Å². The fourth-order valence-electron chi connectivity index (χ4n) is 2.35. The van der Waals surface area contributed by atoms with Crippen LogP contribution in [0.25, 0.3) is 6.08 Å². The second kappa shape index (κ2) is 7.43. The van der Waals surface area contributed by atoms with E-state index < -0.39 is 18.3 Å². The van der Waals surface area contributed by atoms with E-state index in [4.69, 9.17) is 20.9 Å². The molecule has 0 bridgehead atoms. The van der Waals surface area contributed by atoms with Crippen LogP contribution in [0.2, 0.25) is 5.02 Å². The van der Waals surface area contributed by atoms with Gasteiger partial charge in [-0.05, 0) is 51.7 Å². The number of benzene rings is 1. The van der Waals surface area contributed by atoms with Gasteiger partial charge in [0.25, 0.3) is 0 Å². The number of rotatable bonds is 4. The Morgan fingerprint density at radius 1 is 1.28 bits per heavy atom. The summed E-state index contributed by atoms with van der Waals surface area (Å²) in [6.45, 7) is 11.0. The summed E-state index contributed by atoms with van der Waals surface area (Å²) in [7, 11) is -0.585. The number of hydrogen-bond acceptors (Lipinski definition) is 4. The quantitative estimate of drug-likeness (QED) is 0.678. The summed E-state index contributed by atoms with van der Waals surface area (Å²) in [5, 5.41) is 0.352. The van der Waals surface area contributed by atoms with Gasteiger partial charge in [0.1, 0.15) is 5.82 Å². The molecule has 0 aromatic heterocycles. The molecule has 1 fully saturated rings. The van der Waals surface area contributed by atoms with Gasteiger partial charge in [0.2, 0.25) is 0 Å². The maximum absolute atomic E-state index is 13.7. The second-order valence-electron chi connectivity index (χ2n) is 7.16. The molecule has 1 heterocycles. The zero-order chi connectivity index (χ0) is 19.0. The lowest BCUT2D eigenvalue weighted by Crippen LogP contribution is -2.41. The highest BCUT2D eigenvalue weighted by atomic mass is 35.5. The minimum atomic E-state index is -0.585. The van der Waals surface area contributed by atoms with E-state index in [1.54, 1.807) is 13.0 Å². The highest BCUT2D eigenvalue weighted by molar-refractivity contribution is 8.13. The van der Waals surface area contributed by atoms with Gasteiger partial charge >= 0.3 is 7.12 Å². The molecule has 0 aliphatic carbocycles. The molecular weight excluding hydrogens is 362 g/mol. The molecule has 1 aliphatic heterocycles. The van der Waals surface area contributed by atoms with Crippen LogP contribution in [0.4, 0.5) is 4.39 Å². The first-order valence-corrected chi connectivity index (χ1v) is 9.45. The molecule has 0 spiro atoms. The predicted molar refractivity (Wildman–Crippen MR) is 103 cm³/mol. The van der Waals surface area contributed by atoms with Crippen LogP contribution < -0.4 is 0 Å². The van der Waals surface area contributed by atoms with Crippen molar-refractivity contribution >= 4 is 41.7 Å². The fourth-order valence-corrected chi connectivity index (χ4v) is 3.15. The zero-order valence-corrected chi connectivity index (χ0v) is 17.0. The first-order chi connectivity index (χ1) is 11.4. The van der Waals surface area contributed by atoms with Crippen molar-refractivity contribution in [3.63, 3.8) is 0 Å².